The van der Waals surface area contributed by atoms with Crippen molar-refractivity contribution in [1.82, 2.24) is 5.32 Å². The Labute approximate surface area is 147 Å². The fraction of sp³-hybridized carbons (Fsp3) is 0.333. The van der Waals surface area contributed by atoms with Gasteiger partial charge in [0.1, 0.15) is 6.29 Å². The van der Waals surface area contributed by atoms with E-state index in [0.717, 1.165) is 37.9 Å². The minimum Gasteiger partial charge on any atom is -0.317 e. The van der Waals surface area contributed by atoms with Crippen molar-refractivity contribution in [2.75, 3.05) is 18.0 Å². The van der Waals surface area contributed by atoms with Gasteiger partial charge in [0.05, 0.1) is 11.5 Å². The van der Waals surface area contributed by atoms with Crippen LogP contribution in [0.25, 0.3) is 0 Å². The average Bonchev–Trinajstić information content (AvgIpc) is 2.67. The zero-order valence-electron chi connectivity index (χ0n) is 14.4. The number of β-lactam (4-membered cyclic amide) rings is 1. The molecule has 4 heteroatoms. The number of benzene rings is 2. The van der Waals surface area contributed by atoms with Crippen molar-refractivity contribution in [1.29, 1.82) is 0 Å². The number of hydrogen-bond acceptors (Lipinski definition) is 3. The number of hydrogen-bond donors (Lipinski definition) is 1. The molecule has 2 heterocycles. The lowest BCUT2D eigenvalue weighted by molar-refractivity contribution is -0.142. The van der Waals surface area contributed by atoms with Crippen LogP contribution in [0.2, 0.25) is 0 Å². The van der Waals surface area contributed by atoms with E-state index in [1.165, 1.54) is 11.1 Å². The second-order valence-electron chi connectivity index (χ2n) is 7.10. The molecule has 1 unspecified atom stereocenters. The fourth-order valence-electron chi connectivity index (χ4n) is 4.21. The topological polar surface area (TPSA) is 49.4 Å². The lowest BCUT2D eigenvalue weighted by Gasteiger charge is -2.58. The van der Waals surface area contributed by atoms with Crippen molar-refractivity contribution in [3.63, 3.8) is 0 Å². The maximum atomic E-state index is 13.2. The summed E-state index contributed by atoms with van der Waals surface area (Å²) in [6.07, 6.45) is 2.56. The highest BCUT2D eigenvalue weighted by atomic mass is 16.2. The first-order valence-corrected chi connectivity index (χ1v) is 8.82. The zero-order chi connectivity index (χ0) is 17.4. The van der Waals surface area contributed by atoms with Gasteiger partial charge in [0.15, 0.2) is 0 Å². The van der Waals surface area contributed by atoms with Crippen molar-refractivity contribution in [2.45, 2.75) is 25.8 Å². The van der Waals surface area contributed by atoms with Crippen molar-refractivity contribution in [3.05, 3.63) is 65.2 Å². The molecule has 25 heavy (non-hydrogen) atoms. The smallest absolute Gasteiger partial charge is 0.236 e. The van der Waals surface area contributed by atoms with Crippen LogP contribution in [0, 0.1) is 12.3 Å². The first kappa shape index (κ1) is 16.0. The van der Waals surface area contributed by atoms with E-state index in [2.05, 4.69) is 36.5 Å². The quantitative estimate of drug-likeness (QED) is 0.692. The average molecular weight is 334 g/mol. The van der Waals surface area contributed by atoms with Gasteiger partial charge in [-0.15, -0.1) is 0 Å². The van der Waals surface area contributed by atoms with Gasteiger partial charge >= 0.3 is 0 Å². The van der Waals surface area contributed by atoms with Gasteiger partial charge in [-0.05, 0) is 62.7 Å². The first-order valence-electron chi connectivity index (χ1n) is 8.82. The van der Waals surface area contributed by atoms with Crippen molar-refractivity contribution in [2.24, 2.45) is 5.41 Å². The third-order valence-electron chi connectivity index (χ3n) is 5.62. The summed E-state index contributed by atoms with van der Waals surface area (Å²) in [6, 6.07) is 15.9. The number of amides is 1. The van der Waals surface area contributed by atoms with E-state index in [9.17, 15) is 9.59 Å². The summed E-state index contributed by atoms with van der Waals surface area (Å²) in [5, 5.41) is 3.37. The Hall–Kier alpha value is -2.46. The Morgan fingerprint density at radius 1 is 1.04 bits per heavy atom. The highest BCUT2D eigenvalue weighted by Crippen LogP contribution is 2.56. The van der Waals surface area contributed by atoms with Gasteiger partial charge in [-0.25, -0.2) is 0 Å². The van der Waals surface area contributed by atoms with E-state index >= 15 is 0 Å². The highest BCUT2D eigenvalue weighted by molar-refractivity contribution is 6.06. The highest BCUT2D eigenvalue weighted by Gasteiger charge is 2.61. The molecule has 0 saturated carbocycles. The number of nitrogens with zero attached hydrogens (tertiary/aromatic N) is 1. The van der Waals surface area contributed by atoms with Gasteiger partial charge in [0.25, 0.3) is 0 Å². The van der Waals surface area contributed by atoms with Crippen LogP contribution in [0.3, 0.4) is 0 Å². The molecule has 2 aromatic rings. The van der Waals surface area contributed by atoms with Crippen LogP contribution in [-0.4, -0.2) is 25.3 Å². The molecular weight excluding hydrogens is 312 g/mol. The standard InChI is InChI=1S/C21H22N2O2/c1-15-2-6-17(7-3-15)19-21(10-12-22-13-11-21)20(25)23(19)18-8-4-16(14-24)5-9-18/h2-9,14,19,22H,10-13H2,1H3. The van der Waals surface area contributed by atoms with E-state index in [1.807, 2.05) is 17.0 Å². The normalized spacial score (nSPS) is 21.9. The Balaban J connectivity index is 1.75. The summed E-state index contributed by atoms with van der Waals surface area (Å²) in [5.74, 6) is 0.207. The van der Waals surface area contributed by atoms with Crippen LogP contribution in [0.5, 0.6) is 0 Å². The molecule has 2 aliphatic rings. The van der Waals surface area contributed by atoms with Crippen molar-refractivity contribution < 1.29 is 9.59 Å². The second-order valence-corrected chi connectivity index (χ2v) is 7.10. The predicted octanol–water partition coefficient (Wildman–Crippen LogP) is 3.27. The Kier molecular flexibility index (Phi) is 3.92. The summed E-state index contributed by atoms with van der Waals surface area (Å²) >= 11 is 0. The number of aldehydes is 1. The minimum absolute atomic E-state index is 0.0600. The van der Waals surface area contributed by atoms with Crippen LogP contribution >= 0.6 is 0 Å². The predicted molar refractivity (Wildman–Crippen MR) is 97.8 cm³/mol. The number of aryl methyl sites for hydroxylation is 1. The van der Waals surface area contributed by atoms with Gasteiger partial charge < -0.3 is 10.2 Å². The van der Waals surface area contributed by atoms with Gasteiger partial charge in [0, 0.05) is 11.3 Å². The van der Waals surface area contributed by atoms with E-state index < -0.39 is 0 Å². The summed E-state index contributed by atoms with van der Waals surface area (Å²) in [5.41, 5.74) is 3.59. The maximum absolute atomic E-state index is 13.2. The van der Waals surface area contributed by atoms with Crippen molar-refractivity contribution >= 4 is 17.9 Å². The van der Waals surface area contributed by atoms with Gasteiger partial charge in [-0.2, -0.15) is 0 Å². The SMILES string of the molecule is Cc1ccc(C2N(c3ccc(C=O)cc3)C(=O)C23CCNCC3)cc1. The third-order valence-corrected chi connectivity index (χ3v) is 5.62. The summed E-state index contributed by atoms with van der Waals surface area (Å²) < 4.78 is 0. The molecule has 4 nitrogen and oxygen atoms in total. The van der Waals surface area contributed by atoms with Crippen LogP contribution in [0.4, 0.5) is 5.69 Å². The molecule has 0 aliphatic carbocycles. The molecule has 2 saturated heterocycles. The lowest BCUT2D eigenvalue weighted by atomic mass is 9.62. The van der Waals surface area contributed by atoms with Crippen LogP contribution in [0.15, 0.2) is 48.5 Å². The Morgan fingerprint density at radius 3 is 2.28 bits per heavy atom. The number of piperidine rings is 1. The Bertz CT molecular complexity index is 790. The molecule has 128 valence electrons. The first-order chi connectivity index (χ1) is 12.2. The van der Waals surface area contributed by atoms with E-state index in [4.69, 9.17) is 0 Å². The fourth-order valence-corrected chi connectivity index (χ4v) is 4.21. The van der Waals surface area contributed by atoms with Crippen LogP contribution in [-0.2, 0) is 4.79 Å². The number of rotatable bonds is 3. The largest absolute Gasteiger partial charge is 0.317 e. The molecule has 1 amide bonds. The van der Waals surface area contributed by atoms with Crippen LogP contribution in [0.1, 0.15) is 40.4 Å². The molecule has 2 aromatic carbocycles. The molecule has 4 rings (SSSR count). The van der Waals surface area contributed by atoms with E-state index in [0.29, 0.717) is 5.56 Å². The summed E-state index contributed by atoms with van der Waals surface area (Å²) in [7, 11) is 0. The molecule has 1 N–H and O–H groups in total. The van der Waals surface area contributed by atoms with Gasteiger partial charge in [-0.1, -0.05) is 29.8 Å². The lowest BCUT2D eigenvalue weighted by Crippen LogP contribution is -2.66. The van der Waals surface area contributed by atoms with E-state index in [-0.39, 0.29) is 17.4 Å². The molecule has 2 aliphatic heterocycles. The number of nitrogens with one attached hydrogen (secondary N) is 1. The molecule has 2 fully saturated rings. The Morgan fingerprint density at radius 2 is 1.68 bits per heavy atom. The molecule has 1 spiro atoms. The van der Waals surface area contributed by atoms with Gasteiger partial charge in [-0.3, -0.25) is 9.59 Å². The molecule has 1 atom stereocenters. The van der Waals surface area contributed by atoms with Gasteiger partial charge in [0.2, 0.25) is 5.91 Å². The number of anilines is 1. The molecule has 0 bridgehead atoms. The molecule has 0 aromatic heterocycles. The van der Waals surface area contributed by atoms with Crippen LogP contribution < -0.4 is 10.2 Å². The van der Waals surface area contributed by atoms with E-state index in [1.54, 1.807) is 12.1 Å². The maximum Gasteiger partial charge on any atom is 0.236 e. The minimum atomic E-state index is -0.302. The zero-order valence-corrected chi connectivity index (χ0v) is 14.4. The number of carbonyl (C=O) groups excluding carboxylic acids is 2. The molecule has 0 radical (unpaired) electrons. The third kappa shape index (κ3) is 2.48. The summed E-state index contributed by atoms with van der Waals surface area (Å²) in [6.45, 7) is 3.84. The number of carbonyl (C=O) groups is 2. The second kappa shape index (κ2) is 6.12. The molecular formula is C21H22N2O2. The van der Waals surface area contributed by atoms with Crippen molar-refractivity contribution in [3.8, 4) is 0 Å². The monoisotopic (exact) mass is 334 g/mol. The summed E-state index contributed by atoms with van der Waals surface area (Å²) in [4.78, 5) is 26.0.